The number of Topliss-reactive ketones (excluding diaryl/α,β-unsaturated/α-hetero) is 1. The Balaban J connectivity index is 2.30. The molecule has 1 heterocycles. The monoisotopic (exact) mass is 481 g/mol. The van der Waals surface area contributed by atoms with Crippen molar-refractivity contribution >= 4 is 29.7 Å². The molecule has 0 aromatic carbocycles. The number of rotatable bonds is 7. The van der Waals surface area contributed by atoms with Crippen LogP contribution in [0.25, 0.3) is 0 Å². The molecule has 1 aliphatic carbocycles. The summed E-state index contributed by atoms with van der Waals surface area (Å²) in [6, 6.07) is -3.00. The minimum Gasteiger partial charge on any atom is -0.475 e. The normalized spacial score (nSPS) is 25.0. The molecule has 5 atom stereocenters. The summed E-state index contributed by atoms with van der Waals surface area (Å²) < 4.78 is 5.34. The van der Waals surface area contributed by atoms with Gasteiger partial charge in [-0.3, -0.25) is 14.4 Å². The number of carboxylic acids is 1. The maximum absolute atomic E-state index is 13.7. The molecule has 1 saturated heterocycles. The zero-order valence-electron chi connectivity index (χ0n) is 21.6. The summed E-state index contributed by atoms with van der Waals surface area (Å²) in [5.74, 6) is -3.74. The summed E-state index contributed by atoms with van der Waals surface area (Å²) in [5, 5.41) is 14.3. The van der Waals surface area contributed by atoms with Crippen molar-refractivity contribution in [3.05, 3.63) is 0 Å². The van der Waals surface area contributed by atoms with Gasteiger partial charge in [0.15, 0.2) is 0 Å². The van der Waals surface area contributed by atoms with Crippen molar-refractivity contribution in [3.63, 3.8) is 0 Å². The van der Waals surface area contributed by atoms with Crippen molar-refractivity contribution in [3.8, 4) is 0 Å². The van der Waals surface area contributed by atoms with E-state index >= 15 is 0 Å². The lowest BCUT2D eigenvalue weighted by Crippen LogP contribution is -2.60. The maximum atomic E-state index is 13.7. The lowest BCUT2D eigenvalue weighted by Gasteiger charge is -2.38. The number of alkyl carbamates (subject to hydrolysis) is 1. The zero-order valence-corrected chi connectivity index (χ0v) is 21.6. The van der Waals surface area contributed by atoms with E-state index in [9.17, 15) is 24.0 Å². The average Bonchev–Trinajstić information content (AvgIpc) is 3.01. The van der Waals surface area contributed by atoms with Crippen LogP contribution < -0.4 is 10.6 Å². The van der Waals surface area contributed by atoms with Gasteiger partial charge in [0.05, 0.1) is 6.04 Å². The van der Waals surface area contributed by atoms with Crippen LogP contribution in [-0.4, -0.2) is 69.9 Å². The maximum Gasteiger partial charge on any atom is 0.408 e. The molecule has 2 rings (SSSR count). The Hall–Kier alpha value is -2.65. The molecule has 0 spiro atoms. The fourth-order valence-electron chi connectivity index (χ4n) is 4.81. The predicted molar refractivity (Wildman–Crippen MR) is 124 cm³/mol. The first-order valence-corrected chi connectivity index (χ1v) is 11.7. The number of piperidine rings is 1. The number of nitrogens with one attached hydrogen (secondary N) is 2. The van der Waals surface area contributed by atoms with Gasteiger partial charge in [-0.05, 0) is 49.9 Å². The van der Waals surface area contributed by atoms with Gasteiger partial charge in [0.25, 0.3) is 5.78 Å². The van der Waals surface area contributed by atoms with Gasteiger partial charge in [-0.25, -0.2) is 9.59 Å². The quantitative estimate of drug-likeness (QED) is 0.472. The highest BCUT2D eigenvalue weighted by atomic mass is 16.6. The third kappa shape index (κ3) is 5.70. The largest absolute Gasteiger partial charge is 0.475 e. The Labute approximate surface area is 201 Å². The third-order valence-corrected chi connectivity index (χ3v) is 6.79. The molecular weight excluding hydrogens is 442 g/mol. The number of nitrogens with zero attached hydrogens (tertiary/aromatic N) is 1. The summed E-state index contributed by atoms with van der Waals surface area (Å²) in [6.45, 7) is 16.6. The van der Waals surface area contributed by atoms with Crippen LogP contribution >= 0.6 is 0 Å². The first-order chi connectivity index (χ1) is 15.3. The Morgan fingerprint density at radius 3 is 2.06 bits per heavy atom. The predicted octanol–water partition coefficient (Wildman–Crippen LogP) is 1.96. The van der Waals surface area contributed by atoms with E-state index in [2.05, 4.69) is 10.6 Å². The number of amides is 3. The molecule has 1 saturated carbocycles. The Bertz CT molecular complexity index is 869. The highest BCUT2D eigenvalue weighted by Crippen LogP contribution is 2.65. The Morgan fingerprint density at radius 2 is 1.62 bits per heavy atom. The number of fused-ring (bicyclic) bond motifs is 1. The SMILES string of the molecule is CCC(NC(=O)[C@@H]1[C@@H]2[C@H](CN1C(=O)[C@@H](NC(=O)OC(C)(C)C)C(C)(C)C)C2(C)C)C(=O)C(=O)O. The second-order valence-corrected chi connectivity index (χ2v) is 12.0. The molecule has 0 bridgehead atoms. The van der Waals surface area contributed by atoms with E-state index in [1.807, 2.05) is 13.8 Å². The van der Waals surface area contributed by atoms with E-state index < -0.39 is 58.8 Å². The van der Waals surface area contributed by atoms with Gasteiger partial charge in [-0.1, -0.05) is 41.5 Å². The van der Waals surface area contributed by atoms with Gasteiger partial charge in [0.1, 0.15) is 17.7 Å². The van der Waals surface area contributed by atoms with Crippen LogP contribution in [0.15, 0.2) is 0 Å². The molecule has 1 aliphatic heterocycles. The van der Waals surface area contributed by atoms with Gasteiger partial charge in [0, 0.05) is 6.54 Å². The van der Waals surface area contributed by atoms with Crippen LogP contribution in [-0.2, 0) is 23.9 Å². The van der Waals surface area contributed by atoms with Crippen molar-refractivity contribution in [2.45, 2.75) is 92.5 Å². The van der Waals surface area contributed by atoms with Crippen molar-refractivity contribution in [1.82, 2.24) is 15.5 Å². The Morgan fingerprint density at radius 1 is 1.06 bits per heavy atom. The summed E-state index contributed by atoms with van der Waals surface area (Å²) in [6.07, 6.45) is -0.621. The van der Waals surface area contributed by atoms with Crippen LogP contribution in [0.1, 0.15) is 68.7 Å². The molecule has 34 heavy (non-hydrogen) atoms. The molecule has 1 unspecified atom stereocenters. The van der Waals surface area contributed by atoms with Crippen LogP contribution in [0.5, 0.6) is 0 Å². The number of likely N-dealkylation sites (tertiary alicyclic amines) is 1. The minimum atomic E-state index is -1.62. The standard InChI is InChI=1S/C24H39N3O7/c1-10-13(16(28)20(31)32)25-18(29)15-14-12(24(14,8)9)11-27(15)19(30)17(22(2,3)4)26-21(33)34-23(5,6)7/h12-15,17H,10-11H2,1-9H3,(H,25,29)(H,26,33)(H,31,32)/t12-,13?,14-,15-,17+/m0/s1. The average molecular weight is 482 g/mol. The molecule has 0 radical (unpaired) electrons. The van der Waals surface area contributed by atoms with Crippen LogP contribution in [0, 0.1) is 22.7 Å². The molecular formula is C24H39N3O7. The molecule has 2 aliphatic rings. The minimum absolute atomic E-state index is 0.0876. The number of carboxylic acid groups (broad SMARTS) is 1. The molecule has 10 heteroatoms. The third-order valence-electron chi connectivity index (χ3n) is 6.79. The summed E-state index contributed by atoms with van der Waals surface area (Å²) in [4.78, 5) is 64.0. The molecule has 2 fully saturated rings. The number of hydrogen-bond donors (Lipinski definition) is 3. The first kappa shape index (κ1) is 27.6. The van der Waals surface area contributed by atoms with Crippen molar-refractivity contribution in [2.24, 2.45) is 22.7 Å². The van der Waals surface area contributed by atoms with Crippen molar-refractivity contribution in [2.75, 3.05) is 6.54 Å². The number of carbonyl (C=O) groups excluding carboxylic acids is 4. The van der Waals surface area contributed by atoms with E-state index in [0.29, 0.717) is 6.54 Å². The topological polar surface area (TPSA) is 142 Å². The molecule has 0 aromatic rings. The number of ketones is 1. The second-order valence-electron chi connectivity index (χ2n) is 12.0. The van der Waals surface area contributed by atoms with Crippen molar-refractivity contribution in [1.29, 1.82) is 0 Å². The van der Waals surface area contributed by atoms with E-state index in [1.165, 1.54) is 4.90 Å². The lowest BCUT2D eigenvalue weighted by molar-refractivity contribution is -0.151. The van der Waals surface area contributed by atoms with E-state index in [0.717, 1.165) is 0 Å². The van der Waals surface area contributed by atoms with Crippen LogP contribution in [0.2, 0.25) is 0 Å². The van der Waals surface area contributed by atoms with Gasteiger partial charge in [0.2, 0.25) is 11.8 Å². The molecule has 10 nitrogen and oxygen atoms in total. The number of aliphatic carboxylic acids is 1. The van der Waals surface area contributed by atoms with E-state index in [1.54, 1.807) is 48.5 Å². The number of hydrogen-bond acceptors (Lipinski definition) is 6. The van der Waals surface area contributed by atoms with Gasteiger partial charge < -0.3 is 25.4 Å². The summed E-state index contributed by atoms with van der Waals surface area (Å²) in [5.41, 5.74) is -1.60. The van der Waals surface area contributed by atoms with Gasteiger partial charge in [-0.15, -0.1) is 0 Å². The fourth-order valence-corrected chi connectivity index (χ4v) is 4.81. The van der Waals surface area contributed by atoms with Crippen LogP contribution in [0.4, 0.5) is 4.79 Å². The second kappa shape index (κ2) is 9.19. The highest BCUT2D eigenvalue weighted by molar-refractivity contribution is 6.35. The van der Waals surface area contributed by atoms with E-state index in [4.69, 9.17) is 9.84 Å². The smallest absolute Gasteiger partial charge is 0.408 e. The highest BCUT2D eigenvalue weighted by Gasteiger charge is 2.69. The van der Waals surface area contributed by atoms with Gasteiger partial charge in [-0.2, -0.15) is 0 Å². The Kier molecular flexibility index (Phi) is 7.45. The molecule has 3 amide bonds. The van der Waals surface area contributed by atoms with Crippen molar-refractivity contribution < 1.29 is 33.8 Å². The number of ether oxygens (including phenoxy) is 1. The molecule has 0 aromatic heterocycles. The summed E-state index contributed by atoms with van der Waals surface area (Å²) in [7, 11) is 0. The molecule has 3 N–H and O–H groups in total. The fraction of sp³-hybridized carbons (Fsp3) is 0.792. The lowest BCUT2D eigenvalue weighted by atomic mass is 9.85. The zero-order chi connectivity index (χ0) is 26.4. The molecule has 192 valence electrons. The first-order valence-electron chi connectivity index (χ1n) is 11.7. The number of carbonyl (C=O) groups is 5. The van der Waals surface area contributed by atoms with Gasteiger partial charge >= 0.3 is 12.1 Å². The summed E-state index contributed by atoms with van der Waals surface area (Å²) >= 11 is 0. The van der Waals surface area contributed by atoms with E-state index in [-0.39, 0.29) is 23.7 Å². The van der Waals surface area contributed by atoms with Crippen LogP contribution in [0.3, 0.4) is 0 Å².